The Bertz CT molecular complexity index is 925. The van der Waals surface area contributed by atoms with Gasteiger partial charge in [-0.25, -0.2) is 4.39 Å². The van der Waals surface area contributed by atoms with Gasteiger partial charge in [-0.2, -0.15) is 0 Å². The maximum absolute atomic E-state index is 13.2. The number of Topliss-reactive ketones (excluding diaryl/α,β-unsaturated/α-hetero) is 1. The number of likely N-dealkylation sites (tertiary alicyclic amines) is 1. The summed E-state index contributed by atoms with van der Waals surface area (Å²) in [5.74, 6) is -2.47. The van der Waals surface area contributed by atoms with Crippen LogP contribution in [0.15, 0.2) is 54.1 Å². The van der Waals surface area contributed by atoms with Crippen LogP contribution in [-0.2, 0) is 9.59 Å². The van der Waals surface area contributed by atoms with Crippen molar-refractivity contribution in [1.29, 1.82) is 0 Å². The number of aliphatic hydroxyl groups is 2. The summed E-state index contributed by atoms with van der Waals surface area (Å²) < 4.78 is 13.2. The number of nitrogens with one attached hydrogen (secondary N) is 1. The average molecular weight is 400 g/mol. The molecule has 2 aromatic rings. The largest absolute Gasteiger partial charge is 0.508 e. The number of hydrogen-bond acceptors (Lipinski definition) is 6. The molecule has 1 fully saturated rings. The van der Waals surface area contributed by atoms with Crippen LogP contribution < -0.4 is 5.32 Å². The first-order valence-electron chi connectivity index (χ1n) is 9.09. The SMILES string of the molecule is O=C1C(=O)N(CCNCCO)[C@H](c2ccc(O)cc2)C1=C(O)c1ccc(F)cc1. The second kappa shape index (κ2) is 8.85. The molecule has 1 aliphatic rings. The van der Waals surface area contributed by atoms with Gasteiger partial charge in [-0.05, 0) is 42.0 Å². The Hall–Kier alpha value is -3.23. The van der Waals surface area contributed by atoms with Gasteiger partial charge in [0.2, 0.25) is 0 Å². The fourth-order valence-electron chi connectivity index (χ4n) is 3.28. The van der Waals surface area contributed by atoms with Crippen LogP contribution in [0.25, 0.3) is 5.76 Å². The Morgan fingerprint density at radius 2 is 1.69 bits per heavy atom. The molecule has 1 atom stereocenters. The first-order chi connectivity index (χ1) is 13.9. The van der Waals surface area contributed by atoms with Gasteiger partial charge in [0.15, 0.2) is 0 Å². The fraction of sp³-hybridized carbons (Fsp3) is 0.238. The van der Waals surface area contributed by atoms with Gasteiger partial charge in [0.1, 0.15) is 17.3 Å². The zero-order valence-corrected chi connectivity index (χ0v) is 15.5. The van der Waals surface area contributed by atoms with Crippen molar-refractivity contribution in [3.8, 4) is 5.75 Å². The molecule has 1 amide bonds. The molecule has 8 heteroatoms. The molecular weight excluding hydrogens is 379 g/mol. The Balaban J connectivity index is 2.05. The average Bonchev–Trinajstić information content (AvgIpc) is 2.96. The van der Waals surface area contributed by atoms with E-state index < -0.39 is 29.3 Å². The molecule has 0 unspecified atom stereocenters. The Morgan fingerprint density at radius 1 is 1.03 bits per heavy atom. The third-order valence-electron chi connectivity index (χ3n) is 4.68. The molecule has 1 aliphatic heterocycles. The third-order valence-corrected chi connectivity index (χ3v) is 4.68. The van der Waals surface area contributed by atoms with Gasteiger partial charge in [0.25, 0.3) is 11.7 Å². The molecule has 0 radical (unpaired) electrons. The van der Waals surface area contributed by atoms with Crippen molar-refractivity contribution in [2.24, 2.45) is 0 Å². The number of aliphatic hydroxyl groups excluding tert-OH is 2. The van der Waals surface area contributed by atoms with E-state index in [1.807, 2.05) is 0 Å². The molecule has 0 aliphatic carbocycles. The number of hydrogen-bond donors (Lipinski definition) is 4. The van der Waals surface area contributed by atoms with E-state index in [0.717, 1.165) is 12.1 Å². The summed E-state index contributed by atoms with van der Waals surface area (Å²) in [6.45, 7) is 0.767. The summed E-state index contributed by atoms with van der Waals surface area (Å²) in [5, 5.41) is 32.2. The van der Waals surface area contributed by atoms with Crippen LogP contribution in [0.4, 0.5) is 4.39 Å². The zero-order valence-electron chi connectivity index (χ0n) is 15.5. The van der Waals surface area contributed by atoms with Gasteiger partial charge in [-0.15, -0.1) is 0 Å². The normalized spacial score (nSPS) is 18.4. The van der Waals surface area contributed by atoms with Crippen molar-refractivity contribution in [3.63, 3.8) is 0 Å². The molecule has 0 saturated carbocycles. The number of halogens is 1. The van der Waals surface area contributed by atoms with Gasteiger partial charge in [0, 0.05) is 25.2 Å². The van der Waals surface area contributed by atoms with E-state index in [-0.39, 0.29) is 30.0 Å². The zero-order chi connectivity index (χ0) is 21.0. The lowest BCUT2D eigenvalue weighted by Gasteiger charge is -2.25. The number of phenols is 1. The summed E-state index contributed by atoms with van der Waals surface area (Å²) in [7, 11) is 0. The van der Waals surface area contributed by atoms with E-state index >= 15 is 0 Å². The van der Waals surface area contributed by atoms with Crippen molar-refractivity contribution < 1.29 is 29.3 Å². The van der Waals surface area contributed by atoms with Crippen molar-refractivity contribution in [2.45, 2.75) is 6.04 Å². The Morgan fingerprint density at radius 3 is 2.31 bits per heavy atom. The van der Waals surface area contributed by atoms with E-state index in [4.69, 9.17) is 5.11 Å². The highest BCUT2D eigenvalue weighted by molar-refractivity contribution is 6.46. The summed E-state index contributed by atoms with van der Waals surface area (Å²) >= 11 is 0. The highest BCUT2D eigenvalue weighted by Crippen LogP contribution is 2.39. The quantitative estimate of drug-likeness (QED) is 0.243. The number of carbonyl (C=O) groups is 2. The molecule has 0 spiro atoms. The Labute approximate surface area is 166 Å². The molecule has 1 heterocycles. The van der Waals surface area contributed by atoms with E-state index in [1.54, 1.807) is 12.1 Å². The molecule has 7 nitrogen and oxygen atoms in total. The third kappa shape index (κ3) is 4.28. The lowest BCUT2D eigenvalue weighted by atomic mass is 9.95. The standard InChI is InChI=1S/C21H21FN2O5/c22-15-5-1-14(2-6-15)19(27)17-18(13-3-7-16(26)8-4-13)24(21(29)20(17)28)11-9-23-10-12-25/h1-8,18,23,25-27H,9-12H2/t18-/m1/s1. The van der Waals surface area contributed by atoms with Crippen molar-refractivity contribution in [2.75, 3.05) is 26.2 Å². The highest BCUT2D eigenvalue weighted by atomic mass is 19.1. The molecule has 29 heavy (non-hydrogen) atoms. The Kier molecular flexibility index (Phi) is 6.26. The van der Waals surface area contributed by atoms with Crippen LogP contribution in [0.5, 0.6) is 5.75 Å². The number of nitrogens with zero attached hydrogens (tertiary/aromatic N) is 1. The minimum Gasteiger partial charge on any atom is -0.508 e. The predicted octanol–water partition coefficient (Wildman–Crippen LogP) is 1.53. The van der Waals surface area contributed by atoms with Gasteiger partial charge < -0.3 is 25.5 Å². The van der Waals surface area contributed by atoms with Gasteiger partial charge in [-0.1, -0.05) is 12.1 Å². The topological polar surface area (TPSA) is 110 Å². The summed E-state index contributed by atoms with van der Waals surface area (Å²) in [5.41, 5.74) is 0.647. The fourth-order valence-corrected chi connectivity index (χ4v) is 3.28. The first kappa shape index (κ1) is 20.5. The van der Waals surface area contributed by atoms with Gasteiger partial charge in [-0.3, -0.25) is 9.59 Å². The summed E-state index contributed by atoms with van der Waals surface area (Å²) in [4.78, 5) is 26.7. The lowest BCUT2D eigenvalue weighted by molar-refractivity contribution is -0.139. The number of carbonyl (C=O) groups excluding carboxylic acids is 2. The smallest absolute Gasteiger partial charge is 0.295 e. The molecule has 4 N–H and O–H groups in total. The molecule has 1 saturated heterocycles. The van der Waals surface area contributed by atoms with Crippen LogP contribution in [0, 0.1) is 5.82 Å². The van der Waals surface area contributed by atoms with E-state index in [1.165, 1.54) is 29.2 Å². The minimum absolute atomic E-state index is 0.0221. The van der Waals surface area contributed by atoms with Gasteiger partial charge in [0.05, 0.1) is 18.2 Å². The van der Waals surface area contributed by atoms with E-state index in [0.29, 0.717) is 18.7 Å². The number of benzene rings is 2. The van der Waals surface area contributed by atoms with Crippen LogP contribution >= 0.6 is 0 Å². The maximum atomic E-state index is 13.2. The number of phenolic OH excluding ortho intramolecular Hbond substituents is 1. The molecule has 152 valence electrons. The van der Waals surface area contributed by atoms with Crippen LogP contribution in [0.3, 0.4) is 0 Å². The van der Waals surface area contributed by atoms with Crippen molar-refractivity contribution in [1.82, 2.24) is 10.2 Å². The number of aromatic hydroxyl groups is 1. The predicted molar refractivity (Wildman–Crippen MR) is 103 cm³/mol. The summed E-state index contributed by atoms with van der Waals surface area (Å²) in [6.07, 6.45) is 0. The maximum Gasteiger partial charge on any atom is 0.295 e. The van der Waals surface area contributed by atoms with Crippen LogP contribution in [-0.4, -0.2) is 58.2 Å². The van der Waals surface area contributed by atoms with Crippen molar-refractivity contribution in [3.05, 3.63) is 71.0 Å². The molecule has 3 rings (SSSR count). The molecule has 0 aromatic heterocycles. The van der Waals surface area contributed by atoms with E-state index in [9.17, 15) is 24.2 Å². The van der Waals surface area contributed by atoms with Gasteiger partial charge >= 0.3 is 0 Å². The number of rotatable bonds is 7. The first-order valence-corrected chi connectivity index (χ1v) is 9.09. The summed E-state index contributed by atoms with van der Waals surface area (Å²) in [6, 6.07) is 10.1. The number of amides is 1. The minimum atomic E-state index is -0.864. The highest BCUT2D eigenvalue weighted by Gasteiger charge is 2.45. The second-order valence-corrected chi connectivity index (χ2v) is 6.56. The second-order valence-electron chi connectivity index (χ2n) is 6.56. The molecular formula is C21H21FN2O5. The van der Waals surface area contributed by atoms with Crippen LogP contribution in [0.1, 0.15) is 17.2 Å². The number of ketones is 1. The van der Waals surface area contributed by atoms with E-state index in [2.05, 4.69) is 5.32 Å². The van der Waals surface area contributed by atoms with Crippen molar-refractivity contribution >= 4 is 17.4 Å². The van der Waals surface area contributed by atoms with Crippen LogP contribution in [0.2, 0.25) is 0 Å². The monoisotopic (exact) mass is 400 g/mol. The molecule has 2 aromatic carbocycles. The molecule has 0 bridgehead atoms. The lowest BCUT2D eigenvalue weighted by Crippen LogP contribution is -2.36.